The molecule has 2 heterocycles. The van der Waals surface area contributed by atoms with E-state index in [1.165, 1.54) is 5.56 Å². The SMILES string of the molecule is CN(C(=O)c1c[nH]c(-c2nn[nH]n2)c1)C1CC1c1ccccc1. The summed E-state index contributed by atoms with van der Waals surface area (Å²) >= 11 is 0. The van der Waals surface area contributed by atoms with Crippen molar-refractivity contribution in [2.24, 2.45) is 0 Å². The maximum Gasteiger partial charge on any atom is 0.255 e. The molecule has 0 bridgehead atoms. The molecule has 1 aromatic carbocycles. The van der Waals surface area contributed by atoms with E-state index >= 15 is 0 Å². The summed E-state index contributed by atoms with van der Waals surface area (Å²) in [6, 6.07) is 12.3. The molecule has 0 saturated heterocycles. The number of aromatic nitrogens is 5. The molecule has 7 nitrogen and oxygen atoms in total. The maximum atomic E-state index is 12.6. The van der Waals surface area contributed by atoms with Crippen molar-refractivity contribution in [3.63, 3.8) is 0 Å². The second kappa shape index (κ2) is 5.35. The van der Waals surface area contributed by atoms with Gasteiger partial charge >= 0.3 is 0 Å². The van der Waals surface area contributed by atoms with Crippen LogP contribution in [0.4, 0.5) is 0 Å². The molecular formula is C16H16N6O. The molecular weight excluding hydrogens is 292 g/mol. The van der Waals surface area contributed by atoms with Gasteiger partial charge in [-0.15, -0.1) is 10.2 Å². The number of carbonyl (C=O) groups excluding carboxylic acids is 1. The minimum absolute atomic E-state index is 0.000531. The van der Waals surface area contributed by atoms with Gasteiger partial charge < -0.3 is 9.88 Å². The van der Waals surface area contributed by atoms with Gasteiger partial charge in [0, 0.05) is 25.2 Å². The monoisotopic (exact) mass is 308 g/mol. The fraction of sp³-hybridized carbons (Fsp3) is 0.250. The molecule has 0 aliphatic heterocycles. The van der Waals surface area contributed by atoms with Crippen LogP contribution in [0.5, 0.6) is 0 Å². The number of H-pyrrole nitrogens is 2. The Morgan fingerprint density at radius 1 is 1.30 bits per heavy atom. The normalized spacial score (nSPS) is 19.5. The van der Waals surface area contributed by atoms with Gasteiger partial charge in [-0.2, -0.15) is 5.21 Å². The van der Waals surface area contributed by atoms with E-state index < -0.39 is 0 Å². The smallest absolute Gasteiger partial charge is 0.255 e. The highest BCUT2D eigenvalue weighted by Gasteiger charge is 2.43. The standard InChI is InChI=1S/C16H16N6O/c1-22(14-8-12(14)10-5-3-2-4-6-10)16(23)11-7-13(17-9-11)15-18-20-21-19-15/h2-7,9,12,14,17H,8H2,1H3,(H,18,19,20,21). The Balaban J connectivity index is 1.47. The van der Waals surface area contributed by atoms with Crippen molar-refractivity contribution in [1.29, 1.82) is 0 Å². The summed E-state index contributed by atoms with van der Waals surface area (Å²) in [6.07, 6.45) is 2.69. The number of nitrogens with zero attached hydrogens (tertiary/aromatic N) is 4. The molecule has 0 spiro atoms. The van der Waals surface area contributed by atoms with Gasteiger partial charge in [-0.1, -0.05) is 30.3 Å². The molecule has 1 amide bonds. The third-order valence-electron chi connectivity index (χ3n) is 4.32. The topological polar surface area (TPSA) is 90.6 Å². The van der Waals surface area contributed by atoms with Crippen LogP contribution in [0.2, 0.25) is 0 Å². The fourth-order valence-electron chi connectivity index (χ4n) is 2.95. The molecule has 1 fully saturated rings. The predicted octanol–water partition coefficient (Wildman–Crippen LogP) is 1.82. The van der Waals surface area contributed by atoms with Crippen LogP contribution < -0.4 is 0 Å². The first-order chi connectivity index (χ1) is 11.2. The van der Waals surface area contributed by atoms with Crippen LogP contribution in [0.25, 0.3) is 11.5 Å². The van der Waals surface area contributed by atoms with Crippen LogP contribution in [0, 0.1) is 0 Å². The van der Waals surface area contributed by atoms with E-state index in [1.807, 2.05) is 30.1 Å². The third kappa shape index (κ3) is 2.50. The summed E-state index contributed by atoms with van der Waals surface area (Å²) in [4.78, 5) is 17.5. The van der Waals surface area contributed by atoms with Gasteiger partial charge in [0.15, 0.2) is 0 Å². The fourth-order valence-corrected chi connectivity index (χ4v) is 2.95. The molecule has 116 valence electrons. The van der Waals surface area contributed by atoms with Crippen LogP contribution in [0.1, 0.15) is 28.3 Å². The largest absolute Gasteiger partial charge is 0.358 e. The molecule has 1 aliphatic carbocycles. The van der Waals surface area contributed by atoms with Gasteiger partial charge in [0.25, 0.3) is 5.91 Å². The highest BCUT2D eigenvalue weighted by atomic mass is 16.2. The van der Waals surface area contributed by atoms with Crippen LogP contribution in [-0.4, -0.2) is 49.5 Å². The number of rotatable bonds is 4. The summed E-state index contributed by atoms with van der Waals surface area (Å²) in [7, 11) is 1.86. The third-order valence-corrected chi connectivity index (χ3v) is 4.32. The Morgan fingerprint density at radius 2 is 2.13 bits per heavy atom. The molecule has 0 radical (unpaired) electrons. The van der Waals surface area contributed by atoms with Crippen molar-refractivity contribution in [2.75, 3.05) is 7.05 Å². The van der Waals surface area contributed by atoms with E-state index in [4.69, 9.17) is 0 Å². The Hall–Kier alpha value is -2.96. The molecule has 2 atom stereocenters. The maximum absolute atomic E-state index is 12.6. The average molecular weight is 308 g/mol. The van der Waals surface area contributed by atoms with Crippen LogP contribution in [0.15, 0.2) is 42.6 Å². The number of amides is 1. The lowest BCUT2D eigenvalue weighted by Crippen LogP contribution is -2.29. The van der Waals surface area contributed by atoms with Gasteiger partial charge in [-0.25, -0.2) is 0 Å². The minimum Gasteiger partial charge on any atom is -0.358 e. The molecule has 1 aliphatic rings. The van der Waals surface area contributed by atoms with Crippen molar-refractivity contribution in [3.8, 4) is 11.5 Å². The zero-order chi connectivity index (χ0) is 15.8. The first-order valence-electron chi connectivity index (χ1n) is 7.48. The number of tetrazole rings is 1. The zero-order valence-electron chi connectivity index (χ0n) is 12.6. The molecule has 2 N–H and O–H groups in total. The molecule has 1 saturated carbocycles. The number of hydrogen-bond donors (Lipinski definition) is 2. The summed E-state index contributed by atoms with van der Waals surface area (Å²) in [6.45, 7) is 0. The predicted molar refractivity (Wildman–Crippen MR) is 83.6 cm³/mol. The van der Waals surface area contributed by atoms with E-state index in [0.717, 1.165) is 6.42 Å². The summed E-state index contributed by atoms with van der Waals surface area (Å²) < 4.78 is 0. The van der Waals surface area contributed by atoms with E-state index in [9.17, 15) is 4.79 Å². The lowest BCUT2D eigenvalue weighted by atomic mass is 10.1. The van der Waals surface area contributed by atoms with Crippen LogP contribution in [0.3, 0.4) is 0 Å². The van der Waals surface area contributed by atoms with Crippen LogP contribution in [-0.2, 0) is 0 Å². The number of carbonyl (C=O) groups is 1. The molecule has 7 heteroatoms. The second-order valence-electron chi connectivity index (χ2n) is 5.77. The molecule has 4 rings (SSSR count). The van der Waals surface area contributed by atoms with Crippen LogP contribution >= 0.6 is 0 Å². The number of benzene rings is 1. The quantitative estimate of drug-likeness (QED) is 0.769. The van der Waals surface area contributed by atoms with Crippen molar-refractivity contribution < 1.29 is 4.79 Å². The summed E-state index contributed by atoms with van der Waals surface area (Å²) in [5, 5.41) is 13.7. The lowest BCUT2D eigenvalue weighted by molar-refractivity contribution is 0.0782. The van der Waals surface area contributed by atoms with Gasteiger partial charge in [0.1, 0.15) is 0 Å². The Bertz CT molecular complexity index is 810. The Labute approximate surface area is 132 Å². The summed E-state index contributed by atoms with van der Waals surface area (Å²) in [5.74, 6) is 0.875. The second-order valence-corrected chi connectivity index (χ2v) is 5.77. The highest BCUT2D eigenvalue weighted by Crippen LogP contribution is 2.44. The molecule has 2 aromatic heterocycles. The highest BCUT2D eigenvalue weighted by molar-refractivity contribution is 5.95. The van der Waals surface area contributed by atoms with E-state index in [1.54, 1.807) is 12.3 Å². The lowest BCUT2D eigenvalue weighted by Gasteiger charge is -2.16. The number of nitrogens with one attached hydrogen (secondary N) is 2. The molecule has 23 heavy (non-hydrogen) atoms. The Kier molecular flexibility index (Phi) is 3.18. The first-order valence-corrected chi connectivity index (χ1v) is 7.48. The number of hydrogen-bond acceptors (Lipinski definition) is 4. The van der Waals surface area contributed by atoms with Gasteiger partial charge in [0.05, 0.1) is 11.3 Å². The first kappa shape index (κ1) is 13.7. The van der Waals surface area contributed by atoms with Crippen molar-refractivity contribution >= 4 is 5.91 Å². The average Bonchev–Trinajstić information content (AvgIpc) is 3.00. The van der Waals surface area contributed by atoms with Crippen molar-refractivity contribution in [2.45, 2.75) is 18.4 Å². The van der Waals surface area contributed by atoms with E-state index in [2.05, 4.69) is 37.7 Å². The van der Waals surface area contributed by atoms with Gasteiger partial charge in [-0.3, -0.25) is 4.79 Å². The van der Waals surface area contributed by atoms with Gasteiger partial charge in [-0.05, 0) is 23.3 Å². The van der Waals surface area contributed by atoms with Gasteiger partial charge in [0.2, 0.25) is 5.82 Å². The van der Waals surface area contributed by atoms with Crippen molar-refractivity contribution in [1.82, 2.24) is 30.5 Å². The summed E-state index contributed by atoms with van der Waals surface area (Å²) in [5.41, 5.74) is 2.57. The number of likely N-dealkylation sites (N-methyl/N-ethyl adjacent to an activating group) is 1. The minimum atomic E-state index is -0.000531. The van der Waals surface area contributed by atoms with E-state index in [-0.39, 0.29) is 11.9 Å². The molecule has 2 unspecified atom stereocenters. The zero-order valence-corrected chi connectivity index (χ0v) is 12.6. The number of aromatic amines is 2. The van der Waals surface area contributed by atoms with E-state index in [0.29, 0.717) is 23.0 Å². The molecule has 3 aromatic rings. The van der Waals surface area contributed by atoms with Crippen molar-refractivity contribution in [3.05, 3.63) is 53.7 Å². The Morgan fingerprint density at radius 3 is 2.87 bits per heavy atom.